The average molecular weight is 304 g/mol. The van der Waals surface area contributed by atoms with Gasteiger partial charge in [-0.15, -0.1) is 0 Å². The second-order valence-electron chi connectivity index (χ2n) is 4.40. The quantitative estimate of drug-likeness (QED) is 0.704. The van der Waals surface area contributed by atoms with Crippen molar-refractivity contribution in [3.8, 4) is 0 Å². The highest BCUT2D eigenvalue weighted by molar-refractivity contribution is 5.94. The van der Waals surface area contributed by atoms with Crippen molar-refractivity contribution in [3.63, 3.8) is 0 Å². The second-order valence-corrected chi connectivity index (χ2v) is 4.40. The minimum atomic E-state index is -4.69. The molecule has 0 aliphatic carbocycles. The predicted octanol–water partition coefficient (Wildman–Crippen LogP) is 2.47. The van der Waals surface area contributed by atoms with Gasteiger partial charge < -0.3 is 16.2 Å². The van der Waals surface area contributed by atoms with Crippen LogP contribution in [-0.4, -0.2) is 23.5 Å². The van der Waals surface area contributed by atoms with E-state index in [1.807, 2.05) is 0 Å². The molecule has 116 valence electrons. The number of carbonyl (C=O) groups excluding carboxylic acids is 1. The fraction of sp³-hybridized carbons (Fsp3) is 0.385. The number of rotatable bonds is 6. The number of unbranched alkanes of at least 4 members (excludes halogenated alkanes) is 1. The molecule has 0 spiro atoms. The zero-order valence-electron chi connectivity index (χ0n) is 11.0. The van der Waals surface area contributed by atoms with Gasteiger partial charge in [0.1, 0.15) is 0 Å². The van der Waals surface area contributed by atoms with Crippen LogP contribution in [0.3, 0.4) is 0 Å². The van der Waals surface area contributed by atoms with E-state index >= 15 is 0 Å². The van der Waals surface area contributed by atoms with Crippen molar-refractivity contribution in [1.29, 1.82) is 0 Å². The number of anilines is 1. The smallest absolute Gasteiger partial charge is 0.416 e. The molecular formula is C13H15F3N2O3. The van der Waals surface area contributed by atoms with Crippen molar-refractivity contribution in [2.45, 2.75) is 25.4 Å². The predicted molar refractivity (Wildman–Crippen MR) is 69.9 cm³/mol. The lowest BCUT2D eigenvalue weighted by Gasteiger charge is -2.11. The molecule has 1 aromatic carbocycles. The van der Waals surface area contributed by atoms with Gasteiger partial charge >= 0.3 is 12.1 Å². The Kier molecular flexibility index (Phi) is 5.71. The van der Waals surface area contributed by atoms with Crippen LogP contribution in [0.5, 0.6) is 0 Å². The third kappa shape index (κ3) is 5.42. The number of carboxylic acid groups (broad SMARTS) is 1. The van der Waals surface area contributed by atoms with E-state index < -0.39 is 29.2 Å². The van der Waals surface area contributed by atoms with Gasteiger partial charge in [-0.2, -0.15) is 13.2 Å². The van der Waals surface area contributed by atoms with Crippen LogP contribution < -0.4 is 11.1 Å². The lowest BCUT2D eigenvalue weighted by Crippen LogP contribution is -2.14. The maximum Gasteiger partial charge on any atom is 0.416 e. The van der Waals surface area contributed by atoms with E-state index in [-0.39, 0.29) is 12.1 Å². The van der Waals surface area contributed by atoms with Gasteiger partial charge in [0.05, 0.1) is 11.1 Å². The molecule has 1 aromatic rings. The van der Waals surface area contributed by atoms with Crippen molar-refractivity contribution < 1.29 is 27.9 Å². The number of amides is 1. The normalized spacial score (nSPS) is 11.2. The summed E-state index contributed by atoms with van der Waals surface area (Å²) in [6, 6.07) is 2.21. The maximum absolute atomic E-state index is 12.7. The first kappa shape index (κ1) is 17.0. The van der Waals surface area contributed by atoms with E-state index in [0.29, 0.717) is 31.5 Å². The summed E-state index contributed by atoms with van der Waals surface area (Å²) >= 11 is 0. The Hall–Kier alpha value is -2.09. The zero-order chi connectivity index (χ0) is 16.0. The van der Waals surface area contributed by atoms with Crippen LogP contribution in [0.4, 0.5) is 18.9 Å². The number of nitrogens with one attached hydrogen (secondary N) is 1. The fourth-order valence-electron chi connectivity index (χ4n) is 1.64. The third-order valence-corrected chi connectivity index (χ3v) is 2.65. The molecule has 0 saturated carbocycles. The first-order chi connectivity index (χ1) is 9.74. The van der Waals surface area contributed by atoms with Crippen molar-refractivity contribution in [3.05, 3.63) is 29.3 Å². The van der Waals surface area contributed by atoms with Gasteiger partial charge in [0, 0.05) is 12.1 Å². The number of halogens is 3. The molecule has 1 amide bonds. The van der Waals surface area contributed by atoms with Gasteiger partial charge in [0.25, 0.3) is 0 Å². The highest BCUT2D eigenvalue weighted by Crippen LogP contribution is 2.32. The summed E-state index contributed by atoms with van der Waals surface area (Å²) in [5.74, 6) is -1.99. The number of alkyl halides is 3. The Morgan fingerprint density at radius 3 is 2.38 bits per heavy atom. The summed E-state index contributed by atoms with van der Waals surface area (Å²) in [4.78, 5) is 22.4. The molecular weight excluding hydrogens is 289 g/mol. The van der Waals surface area contributed by atoms with Gasteiger partial charge in [-0.1, -0.05) is 0 Å². The number of carboxylic acids is 1. The lowest BCUT2D eigenvalue weighted by molar-refractivity contribution is -0.137. The van der Waals surface area contributed by atoms with E-state index in [4.69, 9.17) is 10.8 Å². The summed E-state index contributed by atoms with van der Waals surface area (Å²) in [6.45, 7) is 0.417. The molecule has 0 heterocycles. The number of nitrogens with two attached hydrogens (primary N) is 1. The molecule has 0 aliphatic rings. The van der Waals surface area contributed by atoms with E-state index in [9.17, 15) is 22.8 Å². The first-order valence-electron chi connectivity index (χ1n) is 6.19. The molecule has 0 aromatic heterocycles. The Bertz CT molecular complexity index is 530. The average Bonchev–Trinajstić information content (AvgIpc) is 2.37. The Morgan fingerprint density at radius 2 is 1.86 bits per heavy atom. The van der Waals surface area contributed by atoms with Crippen LogP contribution in [0.15, 0.2) is 18.2 Å². The number of benzene rings is 1. The molecule has 4 N–H and O–H groups in total. The summed E-state index contributed by atoms with van der Waals surface area (Å²) in [5.41, 5.74) is 3.41. The molecule has 0 saturated heterocycles. The molecule has 0 aliphatic heterocycles. The molecule has 0 fully saturated rings. The minimum Gasteiger partial charge on any atom is -0.478 e. The number of carbonyl (C=O) groups is 2. The van der Waals surface area contributed by atoms with Crippen molar-refractivity contribution in [2.24, 2.45) is 5.73 Å². The van der Waals surface area contributed by atoms with Crippen molar-refractivity contribution in [1.82, 2.24) is 0 Å². The van der Waals surface area contributed by atoms with Crippen LogP contribution in [0.1, 0.15) is 35.2 Å². The van der Waals surface area contributed by atoms with E-state index in [0.717, 1.165) is 6.07 Å². The van der Waals surface area contributed by atoms with Crippen molar-refractivity contribution >= 4 is 17.6 Å². The molecule has 0 atom stereocenters. The van der Waals surface area contributed by atoms with Crippen LogP contribution >= 0.6 is 0 Å². The van der Waals surface area contributed by atoms with Gasteiger partial charge in [-0.05, 0) is 37.6 Å². The van der Waals surface area contributed by atoms with Gasteiger partial charge in [0.15, 0.2) is 0 Å². The Labute approximate surface area is 118 Å². The van der Waals surface area contributed by atoms with Gasteiger partial charge in [-0.3, -0.25) is 4.79 Å². The van der Waals surface area contributed by atoms with Crippen molar-refractivity contribution in [2.75, 3.05) is 11.9 Å². The highest BCUT2D eigenvalue weighted by Gasteiger charge is 2.32. The van der Waals surface area contributed by atoms with E-state index in [1.165, 1.54) is 0 Å². The summed E-state index contributed by atoms with van der Waals surface area (Å²) in [5, 5.41) is 11.1. The largest absolute Gasteiger partial charge is 0.478 e. The summed E-state index contributed by atoms with van der Waals surface area (Å²) in [7, 11) is 0. The van der Waals surface area contributed by atoms with E-state index in [2.05, 4.69) is 5.32 Å². The third-order valence-electron chi connectivity index (χ3n) is 2.65. The topological polar surface area (TPSA) is 92.4 Å². The van der Waals surface area contributed by atoms with E-state index in [1.54, 1.807) is 0 Å². The summed E-state index contributed by atoms with van der Waals surface area (Å²) < 4.78 is 38.0. The van der Waals surface area contributed by atoms with Gasteiger partial charge in [-0.25, -0.2) is 4.79 Å². The monoisotopic (exact) mass is 304 g/mol. The van der Waals surface area contributed by atoms with Crippen LogP contribution in [0.2, 0.25) is 0 Å². The van der Waals surface area contributed by atoms with Crippen LogP contribution in [0, 0.1) is 0 Å². The molecule has 5 nitrogen and oxygen atoms in total. The first-order valence-corrected chi connectivity index (χ1v) is 6.19. The molecule has 8 heteroatoms. The Morgan fingerprint density at radius 1 is 1.19 bits per heavy atom. The minimum absolute atomic E-state index is 0.107. The molecule has 0 unspecified atom stereocenters. The number of aromatic carboxylic acids is 1. The van der Waals surface area contributed by atoms with Gasteiger partial charge in [0.2, 0.25) is 5.91 Å². The number of hydrogen-bond acceptors (Lipinski definition) is 3. The summed E-state index contributed by atoms with van der Waals surface area (Å²) in [6.07, 6.45) is -3.45. The second kappa shape index (κ2) is 7.07. The zero-order valence-corrected chi connectivity index (χ0v) is 11.0. The molecule has 0 bridgehead atoms. The van der Waals surface area contributed by atoms with Crippen LogP contribution in [-0.2, 0) is 11.0 Å². The van der Waals surface area contributed by atoms with Crippen LogP contribution in [0.25, 0.3) is 0 Å². The standard InChI is InChI=1S/C13H15F3N2O3/c14-13(15,16)9-5-8(12(20)21)6-10(7-9)18-11(19)3-1-2-4-17/h5-7H,1-4,17H2,(H,18,19)(H,20,21). The highest BCUT2D eigenvalue weighted by atomic mass is 19.4. The fourth-order valence-corrected chi connectivity index (χ4v) is 1.64. The SMILES string of the molecule is NCCCCC(=O)Nc1cc(C(=O)O)cc(C(F)(F)F)c1. The Balaban J connectivity index is 2.93. The molecule has 0 radical (unpaired) electrons. The number of hydrogen-bond donors (Lipinski definition) is 3. The lowest BCUT2D eigenvalue weighted by atomic mass is 10.1. The molecule has 1 rings (SSSR count). The molecule has 21 heavy (non-hydrogen) atoms. The maximum atomic E-state index is 12.7.